The highest BCUT2D eigenvalue weighted by Gasteiger charge is 2.10. The van der Waals surface area contributed by atoms with Crippen molar-refractivity contribution in [3.63, 3.8) is 0 Å². The van der Waals surface area contributed by atoms with Crippen molar-refractivity contribution in [2.24, 2.45) is 0 Å². The zero-order valence-corrected chi connectivity index (χ0v) is 31.9. The average molecular weight is 711 g/mol. The van der Waals surface area contributed by atoms with Gasteiger partial charge in [0.05, 0.1) is 11.5 Å². The summed E-state index contributed by atoms with van der Waals surface area (Å²) in [5.41, 5.74) is 8.49. The molecular weight excluding hydrogens is 674 g/mol. The molecule has 0 saturated heterocycles. The van der Waals surface area contributed by atoms with Crippen LogP contribution in [-0.4, -0.2) is 41.7 Å². The SMILES string of the molecule is Cc1ccc2cccc([O][AlH][O]c3ccc(-c4ccccc4)cc3)c2n1.Cc1ccc2cccc([O][AlH][O]c3ccc(-c4ccccc4)cc3)c2n1. The van der Waals surface area contributed by atoms with Crippen LogP contribution in [0, 0.1) is 13.8 Å². The van der Waals surface area contributed by atoms with Gasteiger partial charge in [0.25, 0.3) is 0 Å². The minimum absolute atomic E-state index is 0.791. The lowest BCUT2D eigenvalue weighted by atomic mass is 10.1. The molecule has 0 N–H and O–H groups in total. The van der Waals surface area contributed by atoms with E-state index in [4.69, 9.17) is 15.2 Å². The Morgan fingerprint density at radius 3 is 1.13 bits per heavy atom. The first kappa shape index (κ1) is 34.8. The van der Waals surface area contributed by atoms with Gasteiger partial charge in [0.1, 0.15) is 22.5 Å². The zero-order valence-electron chi connectivity index (χ0n) is 29.1. The van der Waals surface area contributed by atoms with Crippen LogP contribution in [0.5, 0.6) is 23.0 Å². The van der Waals surface area contributed by atoms with Crippen LogP contribution in [0.15, 0.2) is 170 Å². The van der Waals surface area contributed by atoms with Crippen LogP contribution in [0.3, 0.4) is 0 Å². The van der Waals surface area contributed by atoms with E-state index >= 15 is 0 Å². The zero-order chi connectivity index (χ0) is 35.5. The summed E-state index contributed by atoms with van der Waals surface area (Å²) in [5.74, 6) is 3.25. The second kappa shape index (κ2) is 17.1. The molecule has 0 amide bonds. The number of nitrogens with zero attached hydrogens (tertiary/aromatic N) is 2. The highest BCUT2D eigenvalue weighted by atomic mass is 27.2. The van der Waals surface area contributed by atoms with Gasteiger partial charge < -0.3 is 15.2 Å². The van der Waals surface area contributed by atoms with Crippen molar-refractivity contribution in [1.82, 2.24) is 9.97 Å². The Balaban J connectivity index is 0.000000162. The molecule has 0 fully saturated rings. The van der Waals surface area contributed by atoms with E-state index in [1.165, 1.54) is 22.3 Å². The molecular formula is C44H36Al2N2O4. The third-order valence-corrected chi connectivity index (χ3v) is 10.2. The van der Waals surface area contributed by atoms with Crippen LogP contribution in [-0.2, 0) is 0 Å². The fourth-order valence-electron chi connectivity index (χ4n) is 5.74. The number of pyridine rings is 2. The van der Waals surface area contributed by atoms with Crippen molar-refractivity contribution in [2.45, 2.75) is 13.8 Å². The molecule has 52 heavy (non-hydrogen) atoms. The van der Waals surface area contributed by atoms with Crippen molar-refractivity contribution in [1.29, 1.82) is 0 Å². The molecule has 0 aliphatic heterocycles. The molecule has 8 heteroatoms. The molecule has 6 nitrogen and oxygen atoms in total. The first-order valence-corrected chi connectivity index (χ1v) is 19.4. The van der Waals surface area contributed by atoms with E-state index in [-0.39, 0.29) is 0 Å². The molecule has 0 saturated carbocycles. The number of aromatic nitrogens is 2. The Kier molecular flexibility index (Phi) is 11.4. The molecule has 2 heterocycles. The third kappa shape index (κ3) is 9.00. The highest BCUT2D eigenvalue weighted by Crippen LogP contribution is 2.27. The Labute approximate surface area is 317 Å². The number of para-hydroxylation sites is 2. The van der Waals surface area contributed by atoms with Crippen molar-refractivity contribution in [3.8, 4) is 45.3 Å². The summed E-state index contributed by atoms with van der Waals surface area (Å²) < 4.78 is 23.6. The van der Waals surface area contributed by atoms with E-state index in [1.54, 1.807) is 0 Å². The lowest BCUT2D eigenvalue weighted by Gasteiger charge is -2.11. The smallest absolute Gasteiger partial charge is 0.614 e. The van der Waals surface area contributed by atoms with Gasteiger partial charge in [-0.3, -0.25) is 0 Å². The molecule has 2 aromatic heterocycles. The van der Waals surface area contributed by atoms with Gasteiger partial charge >= 0.3 is 31.8 Å². The first-order chi connectivity index (χ1) is 25.6. The van der Waals surface area contributed by atoms with Crippen molar-refractivity contribution >= 4 is 53.6 Å². The minimum Gasteiger partial charge on any atom is -0.614 e. The monoisotopic (exact) mass is 710 g/mol. The number of benzene rings is 6. The van der Waals surface area contributed by atoms with Crippen LogP contribution >= 0.6 is 0 Å². The van der Waals surface area contributed by atoms with Gasteiger partial charge in [-0.05, 0) is 84.6 Å². The Bertz CT molecular complexity index is 2200. The van der Waals surface area contributed by atoms with Crippen LogP contribution in [0.25, 0.3) is 44.1 Å². The van der Waals surface area contributed by atoms with E-state index in [2.05, 4.69) is 70.6 Å². The molecule has 252 valence electrons. The predicted octanol–water partition coefficient (Wildman–Crippen LogP) is 9.87. The Hall–Kier alpha value is -5.60. The number of hydrogen-bond donors (Lipinski definition) is 0. The van der Waals surface area contributed by atoms with Gasteiger partial charge in [-0.2, -0.15) is 0 Å². The molecule has 0 unspecified atom stereocenters. The van der Waals surface area contributed by atoms with Gasteiger partial charge in [-0.15, -0.1) is 0 Å². The van der Waals surface area contributed by atoms with Crippen LogP contribution in [0.2, 0.25) is 0 Å². The molecule has 8 aromatic rings. The topological polar surface area (TPSA) is 62.7 Å². The quantitative estimate of drug-likeness (QED) is 0.132. The van der Waals surface area contributed by atoms with Crippen molar-refractivity contribution in [3.05, 3.63) is 181 Å². The maximum atomic E-state index is 5.95. The average Bonchev–Trinajstić information content (AvgIpc) is 3.20. The van der Waals surface area contributed by atoms with Crippen LogP contribution < -0.4 is 15.2 Å². The van der Waals surface area contributed by atoms with E-state index in [1.807, 2.05) is 123 Å². The van der Waals surface area contributed by atoms with E-state index in [0.717, 1.165) is 56.2 Å². The summed E-state index contributed by atoms with van der Waals surface area (Å²) in [6.07, 6.45) is 0. The molecule has 0 spiro atoms. The van der Waals surface area contributed by atoms with E-state index in [0.29, 0.717) is 0 Å². The molecule has 0 aliphatic rings. The maximum absolute atomic E-state index is 5.95. The fourth-order valence-corrected chi connectivity index (χ4v) is 7.23. The summed E-state index contributed by atoms with van der Waals surface area (Å²) >= 11 is -2.40. The lowest BCUT2D eigenvalue weighted by Crippen LogP contribution is -2.11. The summed E-state index contributed by atoms with van der Waals surface area (Å²) in [7, 11) is 0. The second-order valence-electron chi connectivity index (χ2n) is 12.2. The van der Waals surface area contributed by atoms with Gasteiger partial charge in [0.2, 0.25) is 0 Å². The molecule has 6 aromatic carbocycles. The maximum Gasteiger partial charge on any atom is 0.832 e. The molecule has 0 atom stereocenters. The highest BCUT2D eigenvalue weighted by molar-refractivity contribution is 6.21. The summed E-state index contributed by atoms with van der Waals surface area (Å²) in [6.45, 7) is 3.97. The molecule has 0 radical (unpaired) electrons. The summed E-state index contributed by atoms with van der Waals surface area (Å²) in [4.78, 5) is 9.18. The lowest BCUT2D eigenvalue weighted by molar-refractivity contribution is 0.460. The Morgan fingerprint density at radius 2 is 0.731 bits per heavy atom. The fraction of sp³-hybridized carbons (Fsp3) is 0.0455. The standard InChI is InChI=1S/2C12H10O.2C10H9NO.2Al.2H/c2*13-12-8-6-11(7-9-12)10-4-2-1-3-5-10;2*1-7-5-6-8-3-2-4-9(12)10(8)11-7;;;;/h2*1-9,13H;2*2-6,12H,1H3;;;;/q;;;;2*+2;;/p-4. The van der Waals surface area contributed by atoms with Gasteiger partial charge in [-0.1, -0.05) is 121 Å². The molecule has 0 aliphatic carbocycles. The molecule has 8 rings (SSSR count). The predicted molar refractivity (Wildman–Crippen MR) is 214 cm³/mol. The van der Waals surface area contributed by atoms with E-state index in [9.17, 15) is 0 Å². The van der Waals surface area contributed by atoms with Gasteiger partial charge in [0.15, 0.2) is 0 Å². The first-order valence-electron chi connectivity index (χ1n) is 17.1. The normalized spacial score (nSPS) is 10.5. The van der Waals surface area contributed by atoms with Crippen LogP contribution in [0.1, 0.15) is 11.4 Å². The minimum atomic E-state index is -1.20. The van der Waals surface area contributed by atoms with Gasteiger partial charge in [-0.25, -0.2) is 9.97 Å². The van der Waals surface area contributed by atoms with Gasteiger partial charge in [0, 0.05) is 22.2 Å². The van der Waals surface area contributed by atoms with Crippen molar-refractivity contribution in [2.75, 3.05) is 0 Å². The number of rotatable bonds is 10. The number of aryl methyl sites for hydroxylation is 2. The second-order valence-corrected chi connectivity index (χ2v) is 13.8. The Morgan fingerprint density at radius 1 is 0.346 bits per heavy atom. The third-order valence-electron chi connectivity index (χ3n) is 8.45. The largest absolute Gasteiger partial charge is 0.832 e. The number of hydrogen-bond acceptors (Lipinski definition) is 6. The summed E-state index contributed by atoms with van der Waals surface area (Å²) in [6, 6.07) is 57.0. The number of fused-ring (bicyclic) bond motifs is 2. The molecule has 0 bridgehead atoms. The van der Waals surface area contributed by atoms with E-state index < -0.39 is 31.8 Å². The summed E-state index contributed by atoms with van der Waals surface area (Å²) in [5, 5.41) is 2.16. The van der Waals surface area contributed by atoms with Crippen molar-refractivity contribution < 1.29 is 15.2 Å². The van der Waals surface area contributed by atoms with Crippen LogP contribution in [0.4, 0.5) is 0 Å².